The number of carbonyl (C=O) groups excluding carboxylic acids is 1. The SMILES string of the molecule is O=C(N/N=C\c1ccc(F)s1)c1ccn(Cn2cccn2)n1. The molecule has 112 valence electrons. The van der Waals surface area contributed by atoms with Crippen LogP contribution < -0.4 is 5.43 Å². The van der Waals surface area contributed by atoms with Crippen molar-refractivity contribution < 1.29 is 9.18 Å². The predicted molar refractivity (Wildman–Crippen MR) is 79.2 cm³/mol. The van der Waals surface area contributed by atoms with Gasteiger partial charge in [-0.3, -0.25) is 14.2 Å². The van der Waals surface area contributed by atoms with Crippen molar-refractivity contribution in [3.8, 4) is 0 Å². The van der Waals surface area contributed by atoms with Crippen LogP contribution >= 0.6 is 11.3 Å². The number of nitrogens with zero attached hydrogens (tertiary/aromatic N) is 5. The van der Waals surface area contributed by atoms with Gasteiger partial charge in [-0.2, -0.15) is 19.7 Å². The molecule has 0 spiro atoms. The van der Waals surface area contributed by atoms with Crippen molar-refractivity contribution in [1.29, 1.82) is 0 Å². The van der Waals surface area contributed by atoms with E-state index in [0.717, 1.165) is 11.3 Å². The highest BCUT2D eigenvalue weighted by molar-refractivity contribution is 7.12. The first-order chi connectivity index (χ1) is 10.7. The van der Waals surface area contributed by atoms with E-state index in [0.29, 0.717) is 11.5 Å². The molecule has 0 fully saturated rings. The van der Waals surface area contributed by atoms with Crippen LogP contribution in [-0.2, 0) is 6.67 Å². The van der Waals surface area contributed by atoms with Crippen LogP contribution in [0.2, 0.25) is 0 Å². The molecule has 0 unspecified atom stereocenters. The molecule has 0 saturated heterocycles. The van der Waals surface area contributed by atoms with Crippen molar-refractivity contribution in [1.82, 2.24) is 25.0 Å². The zero-order valence-electron chi connectivity index (χ0n) is 11.3. The highest BCUT2D eigenvalue weighted by Crippen LogP contribution is 2.11. The molecule has 0 aromatic carbocycles. The number of hydrogen-bond acceptors (Lipinski definition) is 5. The molecule has 0 saturated carbocycles. The van der Waals surface area contributed by atoms with Crippen LogP contribution in [0, 0.1) is 5.13 Å². The number of carbonyl (C=O) groups is 1. The first kappa shape index (κ1) is 14.1. The number of nitrogens with one attached hydrogen (secondary N) is 1. The van der Waals surface area contributed by atoms with E-state index < -0.39 is 5.91 Å². The van der Waals surface area contributed by atoms with Crippen LogP contribution in [0.15, 0.2) is 48.0 Å². The van der Waals surface area contributed by atoms with Crippen LogP contribution in [0.3, 0.4) is 0 Å². The van der Waals surface area contributed by atoms with Gasteiger partial charge in [-0.1, -0.05) is 0 Å². The third kappa shape index (κ3) is 3.44. The van der Waals surface area contributed by atoms with Crippen LogP contribution in [0.1, 0.15) is 15.4 Å². The van der Waals surface area contributed by atoms with Gasteiger partial charge in [0, 0.05) is 18.6 Å². The normalized spacial score (nSPS) is 11.1. The molecule has 1 amide bonds. The molecule has 0 aliphatic rings. The monoisotopic (exact) mass is 318 g/mol. The Balaban J connectivity index is 1.58. The zero-order valence-corrected chi connectivity index (χ0v) is 12.1. The molecule has 0 radical (unpaired) electrons. The van der Waals surface area contributed by atoms with E-state index in [1.807, 2.05) is 0 Å². The summed E-state index contributed by atoms with van der Waals surface area (Å²) in [6, 6.07) is 6.30. The zero-order chi connectivity index (χ0) is 15.4. The lowest BCUT2D eigenvalue weighted by molar-refractivity contribution is 0.0949. The standard InChI is InChI=1S/C13H11FN6OS/c14-12-3-2-10(22-12)8-15-17-13(21)11-4-7-20(18-11)9-19-6-1-5-16-19/h1-8H,9H2,(H,17,21)/b15-8-. The van der Waals surface area contributed by atoms with Crippen molar-refractivity contribution in [3.05, 3.63) is 58.6 Å². The largest absolute Gasteiger partial charge is 0.291 e. The fourth-order valence-electron chi connectivity index (χ4n) is 1.70. The molecule has 3 aromatic rings. The molecule has 9 heteroatoms. The molecule has 7 nitrogen and oxygen atoms in total. The molecular weight excluding hydrogens is 307 g/mol. The van der Waals surface area contributed by atoms with Crippen molar-refractivity contribution in [2.75, 3.05) is 0 Å². The summed E-state index contributed by atoms with van der Waals surface area (Å²) in [6.45, 7) is 0.415. The second-order valence-electron chi connectivity index (χ2n) is 4.27. The molecule has 3 aromatic heterocycles. The summed E-state index contributed by atoms with van der Waals surface area (Å²) < 4.78 is 16.0. The molecule has 3 rings (SSSR count). The second-order valence-corrected chi connectivity index (χ2v) is 5.33. The number of hydrogen-bond donors (Lipinski definition) is 1. The number of thiophene rings is 1. The van der Waals surface area contributed by atoms with E-state index in [9.17, 15) is 9.18 Å². The number of rotatable bonds is 5. The minimum absolute atomic E-state index is 0.238. The Hall–Kier alpha value is -2.81. The van der Waals surface area contributed by atoms with Gasteiger partial charge in [-0.05, 0) is 24.3 Å². The second kappa shape index (κ2) is 6.31. The van der Waals surface area contributed by atoms with Gasteiger partial charge in [0.1, 0.15) is 6.67 Å². The smallest absolute Gasteiger partial charge is 0.265 e. The molecule has 3 heterocycles. The average molecular weight is 318 g/mol. The average Bonchev–Trinajstić information content (AvgIpc) is 3.22. The Bertz CT molecular complexity index is 791. The Morgan fingerprint density at radius 3 is 3.00 bits per heavy atom. The topological polar surface area (TPSA) is 77.1 Å². The summed E-state index contributed by atoms with van der Waals surface area (Å²) in [6.07, 6.45) is 6.52. The highest BCUT2D eigenvalue weighted by Gasteiger charge is 2.08. The van der Waals surface area contributed by atoms with Gasteiger partial charge in [0.15, 0.2) is 10.8 Å². The summed E-state index contributed by atoms with van der Waals surface area (Å²) >= 11 is 0.945. The Morgan fingerprint density at radius 2 is 2.27 bits per heavy atom. The maximum absolute atomic E-state index is 12.8. The van der Waals surface area contributed by atoms with E-state index >= 15 is 0 Å². The van der Waals surface area contributed by atoms with Gasteiger partial charge >= 0.3 is 0 Å². The predicted octanol–water partition coefficient (Wildman–Crippen LogP) is 1.55. The fraction of sp³-hybridized carbons (Fsp3) is 0.0769. The van der Waals surface area contributed by atoms with Gasteiger partial charge in [-0.15, -0.1) is 11.3 Å². The molecule has 0 aliphatic carbocycles. The third-order valence-electron chi connectivity index (χ3n) is 2.67. The molecular formula is C13H11FN6OS. The van der Waals surface area contributed by atoms with Gasteiger partial charge < -0.3 is 0 Å². The lowest BCUT2D eigenvalue weighted by Gasteiger charge is -2.00. The van der Waals surface area contributed by atoms with E-state index in [1.54, 1.807) is 46.2 Å². The number of amides is 1. The molecule has 0 aliphatic heterocycles. The summed E-state index contributed by atoms with van der Waals surface area (Å²) in [5.74, 6) is -0.438. The van der Waals surface area contributed by atoms with E-state index in [2.05, 4.69) is 20.7 Å². The summed E-state index contributed by atoms with van der Waals surface area (Å²) in [4.78, 5) is 12.5. The van der Waals surface area contributed by atoms with E-state index in [4.69, 9.17) is 0 Å². The number of aromatic nitrogens is 4. The summed E-state index contributed by atoms with van der Waals surface area (Å²) in [5.41, 5.74) is 2.58. The van der Waals surface area contributed by atoms with E-state index in [1.165, 1.54) is 12.3 Å². The summed E-state index contributed by atoms with van der Waals surface area (Å²) in [7, 11) is 0. The first-order valence-electron chi connectivity index (χ1n) is 6.30. The minimum Gasteiger partial charge on any atom is -0.265 e. The number of hydrazone groups is 1. The lowest BCUT2D eigenvalue weighted by atomic mass is 10.4. The molecule has 1 N–H and O–H groups in total. The van der Waals surface area contributed by atoms with Crippen molar-refractivity contribution in [2.45, 2.75) is 6.67 Å². The van der Waals surface area contributed by atoms with Crippen LogP contribution in [-0.4, -0.2) is 31.7 Å². The highest BCUT2D eigenvalue weighted by atomic mass is 32.1. The van der Waals surface area contributed by atoms with Gasteiger partial charge in [-0.25, -0.2) is 5.43 Å². The van der Waals surface area contributed by atoms with Gasteiger partial charge in [0.05, 0.1) is 11.1 Å². The third-order valence-corrected chi connectivity index (χ3v) is 3.48. The van der Waals surface area contributed by atoms with Gasteiger partial charge in [0.25, 0.3) is 5.91 Å². The number of halogens is 1. The van der Waals surface area contributed by atoms with Crippen LogP contribution in [0.5, 0.6) is 0 Å². The van der Waals surface area contributed by atoms with Crippen molar-refractivity contribution in [3.63, 3.8) is 0 Å². The maximum Gasteiger partial charge on any atom is 0.291 e. The van der Waals surface area contributed by atoms with Crippen LogP contribution in [0.25, 0.3) is 0 Å². The molecule has 22 heavy (non-hydrogen) atoms. The van der Waals surface area contributed by atoms with Crippen LogP contribution in [0.4, 0.5) is 4.39 Å². The fourth-order valence-corrected chi connectivity index (χ4v) is 2.31. The Morgan fingerprint density at radius 1 is 1.36 bits per heavy atom. The Labute approximate surface area is 128 Å². The van der Waals surface area contributed by atoms with Crippen molar-refractivity contribution in [2.24, 2.45) is 5.10 Å². The summed E-state index contributed by atoms with van der Waals surface area (Å²) in [5, 5.41) is 11.6. The lowest BCUT2D eigenvalue weighted by Crippen LogP contribution is -2.19. The van der Waals surface area contributed by atoms with Crippen molar-refractivity contribution >= 4 is 23.5 Å². The Kier molecular flexibility index (Phi) is 4.05. The van der Waals surface area contributed by atoms with E-state index in [-0.39, 0.29) is 10.8 Å². The molecule has 0 atom stereocenters. The maximum atomic E-state index is 12.8. The quantitative estimate of drug-likeness (QED) is 0.573. The minimum atomic E-state index is -0.438. The first-order valence-corrected chi connectivity index (χ1v) is 7.12. The van der Waals surface area contributed by atoms with Gasteiger partial charge in [0.2, 0.25) is 0 Å². The molecule has 0 bridgehead atoms.